The van der Waals surface area contributed by atoms with Crippen molar-refractivity contribution >= 4 is 17.8 Å². The Morgan fingerprint density at radius 1 is 0.654 bits per heavy atom. The number of morpholine rings is 2. The van der Waals surface area contributed by atoms with Gasteiger partial charge in [0, 0.05) is 39.3 Å². The fourth-order valence-corrected chi connectivity index (χ4v) is 4.12. The summed E-state index contributed by atoms with van der Waals surface area (Å²) in [4.78, 5) is 21.3. The van der Waals surface area contributed by atoms with Crippen LogP contribution in [0.2, 0.25) is 0 Å². The van der Waals surface area contributed by atoms with E-state index < -0.39 is 0 Å². The minimum atomic E-state index is 0.661. The minimum absolute atomic E-state index is 0.661. The van der Waals surface area contributed by atoms with Gasteiger partial charge in [0.05, 0.1) is 26.4 Å². The molecule has 0 aliphatic carbocycles. The average molecular weight is 362 g/mol. The van der Waals surface area contributed by atoms with Gasteiger partial charge in [-0.2, -0.15) is 15.0 Å². The largest absolute Gasteiger partial charge is 0.378 e. The smallest absolute Gasteiger partial charge is 0.232 e. The van der Waals surface area contributed by atoms with Crippen molar-refractivity contribution in [1.29, 1.82) is 0 Å². The van der Waals surface area contributed by atoms with Crippen molar-refractivity contribution in [3.8, 4) is 0 Å². The molecular formula is C18H30N6O2. The summed E-state index contributed by atoms with van der Waals surface area (Å²) in [6, 6.07) is 0. The lowest BCUT2D eigenvalue weighted by molar-refractivity contribution is 0.121. The van der Waals surface area contributed by atoms with Crippen LogP contribution in [0.25, 0.3) is 0 Å². The van der Waals surface area contributed by atoms with Crippen LogP contribution in [0.5, 0.6) is 0 Å². The Morgan fingerprint density at radius 2 is 1.04 bits per heavy atom. The molecule has 1 aromatic heterocycles. The zero-order valence-corrected chi connectivity index (χ0v) is 15.9. The first kappa shape index (κ1) is 17.7. The monoisotopic (exact) mass is 362 g/mol. The highest BCUT2D eigenvalue weighted by atomic mass is 16.5. The van der Waals surface area contributed by atoms with E-state index in [9.17, 15) is 0 Å². The molecule has 8 heteroatoms. The van der Waals surface area contributed by atoms with Gasteiger partial charge >= 0.3 is 0 Å². The summed E-state index contributed by atoms with van der Waals surface area (Å²) in [5.41, 5.74) is 0. The number of rotatable bonds is 3. The summed E-state index contributed by atoms with van der Waals surface area (Å²) >= 11 is 0. The van der Waals surface area contributed by atoms with Crippen molar-refractivity contribution in [3.63, 3.8) is 0 Å². The first-order valence-corrected chi connectivity index (χ1v) is 9.85. The Kier molecular flexibility index (Phi) is 5.40. The number of nitrogens with zero attached hydrogens (tertiary/aromatic N) is 6. The molecule has 8 nitrogen and oxygen atoms in total. The van der Waals surface area contributed by atoms with Crippen molar-refractivity contribution in [3.05, 3.63) is 0 Å². The standard InChI is InChI=1S/C18H30N6O2/c1-14-11-15(2)13-24(12-14)18-20-16(22-3-7-25-8-4-22)19-17(21-18)23-5-9-26-10-6-23/h14-15H,3-13H2,1-2H3/t14-,15-/m1/s1. The van der Waals surface area contributed by atoms with Gasteiger partial charge in [0.25, 0.3) is 0 Å². The lowest BCUT2D eigenvalue weighted by Gasteiger charge is -2.36. The van der Waals surface area contributed by atoms with Gasteiger partial charge in [-0.05, 0) is 18.3 Å². The number of piperidine rings is 1. The Hall–Kier alpha value is -1.67. The molecule has 0 N–H and O–H groups in total. The Morgan fingerprint density at radius 3 is 1.46 bits per heavy atom. The van der Waals surface area contributed by atoms with E-state index >= 15 is 0 Å². The molecule has 4 rings (SSSR count). The summed E-state index contributed by atoms with van der Waals surface area (Å²) in [6.07, 6.45) is 1.27. The summed E-state index contributed by atoms with van der Waals surface area (Å²) in [7, 11) is 0. The third-order valence-electron chi connectivity index (χ3n) is 5.34. The third-order valence-corrected chi connectivity index (χ3v) is 5.34. The van der Waals surface area contributed by atoms with E-state index in [1.165, 1.54) is 6.42 Å². The molecule has 0 unspecified atom stereocenters. The predicted octanol–water partition coefficient (Wildman–Crippen LogP) is 1.03. The molecule has 0 radical (unpaired) electrons. The molecule has 0 aromatic carbocycles. The fourth-order valence-electron chi connectivity index (χ4n) is 4.12. The maximum Gasteiger partial charge on any atom is 0.232 e. The van der Waals surface area contributed by atoms with Crippen LogP contribution in [0.15, 0.2) is 0 Å². The third kappa shape index (κ3) is 4.01. The first-order valence-electron chi connectivity index (χ1n) is 9.85. The van der Waals surface area contributed by atoms with Crippen LogP contribution >= 0.6 is 0 Å². The van der Waals surface area contributed by atoms with Gasteiger partial charge in [-0.15, -0.1) is 0 Å². The second-order valence-corrected chi connectivity index (χ2v) is 7.79. The van der Waals surface area contributed by atoms with E-state index in [2.05, 4.69) is 28.5 Å². The van der Waals surface area contributed by atoms with Crippen molar-refractivity contribution in [2.45, 2.75) is 20.3 Å². The topological polar surface area (TPSA) is 66.9 Å². The van der Waals surface area contributed by atoms with E-state index in [1.54, 1.807) is 0 Å². The molecule has 0 saturated carbocycles. The molecule has 26 heavy (non-hydrogen) atoms. The SMILES string of the molecule is C[C@@H]1C[C@@H](C)CN(c2nc(N3CCOCC3)nc(N3CCOCC3)n2)C1. The Bertz CT molecular complexity index is 557. The van der Waals surface area contributed by atoms with Gasteiger partial charge in [-0.3, -0.25) is 0 Å². The van der Waals surface area contributed by atoms with Crippen molar-refractivity contribution in [1.82, 2.24) is 15.0 Å². The molecule has 3 aliphatic heterocycles. The molecule has 144 valence electrons. The van der Waals surface area contributed by atoms with Gasteiger partial charge in [0.2, 0.25) is 17.8 Å². The lowest BCUT2D eigenvalue weighted by Crippen LogP contribution is -2.42. The van der Waals surface area contributed by atoms with Gasteiger partial charge < -0.3 is 24.2 Å². The highest BCUT2D eigenvalue weighted by Gasteiger charge is 2.27. The maximum absolute atomic E-state index is 5.49. The zero-order valence-electron chi connectivity index (χ0n) is 15.9. The summed E-state index contributed by atoms with van der Waals surface area (Å²) < 4.78 is 11.0. The van der Waals surface area contributed by atoms with Crippen molar-refractivity contribution in [2.75, 3.05) is 80.4 Å². The van der Waals surface area contributed by atoms with Gasteiger partial charge in [-0.1, -0.05) is 13.8 Å². The number of hydrogen-bond donors (Lipinski definition) is 0. The average Bonchev–Trinajstić information content (AvgIpc) is 2.68. The molecule has 0 amide bonds. The van der Waals surface area contributed by atoms with Crippen molar-refractivity contribution in [2.24, 2.45) is 11.8 Å². The molecule has 2 atom stereocenters. The van der Waals surface area contributed by atoms with Crippen LogP contribution in [0, 0.1) is 11.8 Å². The van der Waals surface area contributed by atoms with Crippen LogP contribution in [0.4, 0.5) is 17.8 Å². The number of ether oxygens (including phenoxy) is 2. The van der Waals surface area contributed by atoms with Gasteiger partial charge in [0.15, 0.2) is 0 Å². The number of hydrogen-bond acceptors (Lipinski definition) is 8. The molecule has 3 aliphatic rings. The van der Waals surface area contributed by atoms with E-state index in [4.69, 9.17) is 24.4 Å². The molecular weight excluding hydrogens is 332 g/mol. The number of aromatic nitrogens is 3. The van der Waals surface area contributed by atoms with E-state index in [0.717, 1.165) is 83.5 Å². The highest BCUT2D eigenvalue weighted by molar-refractivity contribution is 5.47. The lowest BCUT2D eigenvalue weighted by atomic mass is 9.92. The zero-order chi connectivity index (χ0) is 17.9. The molecule has 0 spiro atoms. The summed E-state index contributed by atoms with van der Waals surface area (Å²) in [5.74, 6) is 3.71. The Labute approximate surface area is 155 Å². The maximum atomic E-state index is 5.49. The normalized spacial score (nSPS) is 27.7. The fraction of sp³-hybridized carbons (Fsp3) is 0.833. The number of anilines is 3. The van der Waals surface area contributed by atoms with Crippen LogP contribution in [-0.2, 0) is 9.47 Å². The second kappa shape index (κ2) is 7.92. The van der Waals surface area contributed by atoms with E-state index in [-0.39, 0.29) is 0 Å². The second-order valence-electron chi connectivity index (χ2n) is 7.79. The molecule has 4 heterocycles. The van der Waals surface area contributed by atoms with Crippen LogP contribution in [0.1, 0.15) is 20.3 Å². The van der Waals surface area contributed by atoms with Gasteiger partial charge in [0.1, 0.15) is 0 Å². The summed E-state index contributed by atoms with van der Waals surface area (Å²) in [6.45, 7) is 12.9. The van der Waals surface area contributed by atoms with Crippen LogP contribution < -0.4 is 14.7 Å². The summed E-state index contributed by atoms with van der Waals surface area (Å²) in [5, 5.41) is 0. The Balaban J connectivity index is 1.64. The first-order chi connectivity index (χ1) is 12.7. The quantitative estimate of drug-likeness (QED) is 0.790. The highest BCUT2D eigenvalue weighted by Crippen LogP contribution is 2.27. The van der Waals surface area contributed by atoms with E-state index in [0.29, 0.717) is 11.8 Å². The molecule has 1 aromatic rings. The van der Waals surface area contributed by atoms with Crippen LogP contribution in [-0.4, -0.2) is 80.6 Å². The van der Waals surface area contributed by atoms with Gasteiger partial charge in [-0.25, -0.2) is 0 Å². The van der Waals surface area contributed by atoms with Crippen LogP contribution in [0.3, 0.4) is 0 Å². The molecule has 3 fully saturated rings. The predicted molar refractivity (Wildman–Crippen MR) is 101 cm³/mol. The molecule has 0 bridgehead atoms. The van der Waals surface area contributed by atoms with E-state index in [1.807, 2.05) is 0 Å². The van der Waals surface area contributed by atoms with Crippen molar-refractivity contribution < 1.29 is 9.47 Å². The molecule has 3 saturated heterocycles. The minimum Gasteiger partial charge on any atom is -0.378 e.